The van der Waals surface area contributed by atoms with Gasteiger partial charge in [0.2, 0.25) is 11.8 Å². The maximum atomic E-state index is 13.3. The zero-order chi connectivity index (χ0) is 15.4. The molecular weight excluding hydrogens is 287 g/mol. The third-order valence-corrected chi connectivity index (χ3v) is 2.88. The second-order valence-corrected chi connectivity index (χ2v) is 4.70. The molecule has 0 aromatic heterocycles. The van der Waals surface area contributed by atoms with Gasteiger partial charge in [0.15, 0.2) is 17.5 Å². The van der Waals surface area contributed by atoms with Crippen LogP contribution in [0.1, 0.15) is 12.8 Å². The summed E-state index contributed by atoms with van der Waals surface area (Å²) in [5.41, 5.74) is -0.482. The van der Waals surface area contributed by atoms with Gasteiger partial charge in [0.05, 0.1) is 18.8 Å². The first-order valence-corrected chi connectivity index (χ1v) is 6.41. The molecule has 8 heteroatoms. The number of amides is 2. The molecule has 0 radical (unpaired) electrons. The average molecular weight is 301 g/mol. The lowest BCUT2D eigenvalue weighted by atomic mass is 10.2. The minimum atomic E-state index is -1.66. The van der Waals surface area contributed by atoms with Crippen LogP contribution in [0.2, 0.25) is 0 Å². The Balaban J connectivity index is 1.78. The minimum Gasteiger partial charge on any atom is -0.346 e. The maximum Gasteiger partial charge on any atom is 0.243 e. The predicted molar refractivity (Wildman–Crippen MR) is 69.0 cm³/mol. The molecule has 2 rings (SSSR count). The summed E-state index contributed by atoms with van der Waals surface area (Å²) in [5.74, 6) is -5.59. The lowest BCUT2D eigenvalue weighted by Crippen LogP contribution is -2.39. The van der Waals surface area contributed by atoms with Gasteiger partial charge >= 0.3 is 0 Å². The molecule has 1 aliphatic carbocycles. The van der Waals surface area contributed by atoms with Crippen molar-refractivity contribution in [2.45, 2.75) is 18.9 Å². The monoisotopic (exact) mass is 301 g/mol. The van der Waals surface area contributed by atoms with E-state index in [1.807, 2.05) is 0 Å². The summed E-state index contributed by atoms with van der Waals surface area (Å²) in [7, 11) is 0. The minimum absolute atomic E-state index is 0.0947. The highest BCUT2D eigenvalue weighted by Crippen LogP contribution is 2.19. The van der Waals surface area contributed by atoms with Crippen molar-refractivity contribution < 1.29 is 22.8 Å². The number of carbonyl (C=O) groups is 2. The van der Waals surface area contributed by atoms with Crippen molar-refractivity contribution in [3.05, 3.63) is 29.6 Å². The van der Waals surface area contributed by atoms with Crippen molar-refractivity contribution in [2.75, 3.05) is 18.4 Å². The summed E-state index contributed by atoms with van der Waals surface area (Å²) >= 11 is 0. The number of anilines is 1. The molecule has 0 aliphatic heterocycles. The SMILES string of the molecule is O=C(CNC1CC1)NCC(=O)Nc1ccc(F)c(F)c1F. The molecule has 21 heavy (non-hydrogen) atoms. The van der Waals surface area contributed by atoms with E-state index >= 15 is 0 Å². The van der Waals surface area contributed by atoms with Gasteiger partial charge in [0, 0.05) is 6.04 Å². The quantitative estimate of drug-likeness (QED) is 0.684. The Bertz CT molecular complexity index is 562. The van der Waals surface area contributed by atoms with Crippen LogP contribution in [0.5, 0.6) is 0 Å². The molecule has 0 atom stereocenters. The third-order valence-electron chi connectivity index (χ3n) is 2.88. The average Bonchev–Trinajstić information content (AvgIpc) is 3.28. The van der Waals surface area contributed by atoms with Gasteiger partial charge in [-0.05, 0) is 25.0 Å². The highest BCUT2D eigenvalue weighted by molar-refractivity contribution is 5.94. The molecule has 3 N–H and O–H groups in total. The Morgan fingerprint density at radius 2 is 1.76 bits per heavy atom. The largest absolute Gasteiger partial charge is 0.346 e. The van der Waals surface area contributed by atoms with E-state index in [1.54, 1.807) is 0 Å². The highest BCUT2D eigenvalue weighted by atomic mass is 19.2. The summed E-state index contributed by atoms with van der Waals surface area (Å²) < 4.78 is 39.0. The van der Waals surface area contributed by atoms with Gasteiger partial charge in [-0.1, -0.05) is 0 Å². The van der Waals surface area contributed by atoms with Gasteiger partial charge < -0.3 is 16.0 Å². The molecule has 5 nitrogen and oxygen atoms in total. The Morgan fingerprint density at radius 3 is 2.43 bits per heavy atom. The first-order chi connectivity index (χ1) is 9.97. The Morgan fingerprint density at radius 1 is 1.05 bits per heavy atom. The summed E-state index contributed by atoms with van der Waals surface area (Å²) in [6, 6.07) is 1.97. The Kier molecular flexibility index (Phi) is 4.79. The number of carbonyl (C=O) groups excluding carboxylic acids is 2. The van der Waals surface area contributed by atoms with Crippen molar-refractivity contribution in [2.24, 2.45) is 0 Å². The lowest BCUT2D eigenvalue weighted by molar-refractivity contribution is -0.123. The van der Waals surface area contributed by atoms with Crippen LogP contribution in [0.3, 0.4) is 0 Å². The molecule has 0 bridgehead atoms. The molecule has 114 valence electrons. The normalized spacial score (nSPS) is 13.9. The standard InChI is InChI=1S/C13H14F3N3O2/c14-8-3-4-9(13(16)12(8)15)19-11(21)6-18-10(20)5-17-7-1-2-7/h3-4,7,17H,1-2,5-6H2,(H,18,20)(H,19,21). The molecular formula is C13H14F3N3O2. The summed E-state index contributed by atoms with van der Waals surface area (Å²) in [5, 5.41) is 7.34. The molecule has 1 saturated carbocycles. The van der Waals surface area contributed by atoms with E-state index in [1.165, 1.54) is 0 Å². The highest BCUT2D eigenvalue weighted by Gasteiger charge is 2.21. The van der Waals surface area contributed by atoms with E-state index in [0.717, 1.165) is 18.9 Å². The van der Waals surface area contributed by atoms with Crippen molar-refractivity contribution in [1.29, 1.82) is 0 Å². The number of rotatable bonds is 6. The first-order valence-electron chi connectivity index (χ1n) is 6.41. The van der Waals surface area contributed by atoms with E-state index in [2.05, 4.69) is 16.0 Å². The number of nitrogens with one attached hydrogen (secondary N) is 3. The zero-order valence-electron chi connectivity index (χ0n) is 11.0. The van der Waals surface area contributed by atoms with Crippen molar-refractivity contribution in [3.8, 4) is 0 Å². The number of benzene rings is 1. The first kappa shape index (κ1) is 15.3. The van der Waals surface area contributed by atoms with Gasteiger partial charge in [-0.25, -0.2) is 13.2 Å². The van der Waals surface area contributed by atoms with Crippen molar-refractivity contribution >= 4 is 17.5 Å². The van der Waals surface area contributed by atoms with E-state index in [9.17, 15) is 22.8 Å². The Labute approximate surface area is 118 Å². The van der Waals surface area contributed by atoms with E-state index in [0.29, 0.717) is 12.1 Å². The second-order valence-electron chi connectivity index (χ2n) is 4.70. The number of hydrogen-bond acceptors (Lipinski definition) is 3. The fraction of sp³-hybridized carbons (Fsp3) is 0.385. The molecule has 0 saturated heterocycles. The van der Waals surface area contributed by atoms with Gasteiger partial charge in [0.1, 0.15) is 0 Å². The molecule has 0 heterocycles. The van der Waals surface area contributed by atoms with Crippen LogP contribution >= 0.6 is 0 Å². The molecule has 2 amide bonds. The number of halogens is 3. The predicted octanol–water partition coefficient (Wildman–Crippen LogP) is 0.911. The fourth-order valence-corrected chi connectivity index (χ4v) is 1.58. The van der Waals surface area contributed by atoms with Crippen molar-refractivity contribution in [3.63, 3.8) is 0 Å². The smallest absolute Gasteiger partial charge is 0.243 e. The van der Waals surface area contributed by atoms with Gasteiger partial charge in [-0.3, -0.25) is 9.59 Å². The van der Waals surface area contributed by atoms with Crippen molar-refractivity contribution in [1.82, 2.24) is 10.6 Å². The topological polar surface area (TPSA) is 70.2 Å². The molecule has 0 spiro atoms. The van der Waals surface area contributed by atoms with E-state index < -0.39 is 29.0 Å². The molecule has 1 aromatic carbocycles. The Hall–Kier alpha value is -2.09. The summed E-state index contributed by atoms with van der Waals surface area (Å²) in [6.45, 7) is -0.291. The molecule has 1 fully saturated rings. The maximum absolute atomic E-state index is 13.3. The van der Waals surface area contributed by atoms with Gasteiger partial charge in [0.25, 0.3) is 0 Å². The molecule has 1 aromatic rings. The molecule has 0 unspecified atom stereocenters. The zero-order valence-corrected chi connectivity index (χ0v) is 11.0. The van der Waals surface area contributed by atoms with Crippen LogP contribution in [-0.2, 0) is 9.59 Å². The van der Waals surface area contributed by atoms with Crippen LogP contribution in [0.25, 0.3) is 0 Å². The van der Waals surface area contributed by atoms with Gasteiger partial charge in [-0.15, -0.1) is 0 Å². The van der Waals surface area contributed by atoms with Crippen LogP contribution < -0.4 is 16.0 Å². The van der Waals surface area contributed by atoms with Crippen LogP contribution in [-0.4, -0.2) is 30.9 Å². The molecule has 1 aliphatic rings. The number of hydrogen-bond donors (Lipinski definition) is 3. The van der Waals surface area contributed by atoms with E-state index in [4.69, 9.17) is 0 Å². The fourth-order valence-electron chi connectivity index (χ4n) is 1.58. The summed E-state index contributed by atoms with van der Waals surface area (Å²) in [4.78, 5) is 22.8. The van der Waals surface area contributed by atoms with E-state index in [-0.39, 0.29) is 19.0 Å². The summed E-state index contributed by atoms with van der Waals surface area (Å²) in [6.07, 6.45) is 2.06. The van der Waals surface area contributed by atoms with Crippen LogP contribution in [0.4, 0.5) is 18.9 Å². The second kappa shape index (κ2) is 6.57. The third kappa shape index (κ3) is 4.45. The van der Waals surface area contributed by atoms with Crippen LogP contribution in [0, 0.1) is 17.5 Å². The lowest BCUT2D eigenvalue weighted by Gasteiger charge is -2.08. The van der Waals surface area contributed by atoms with Gasteiger partial charge in [-0.2, -0.15) is 0 Å². The van der Waals surface area contributed by atoms with Crippen LogP contribution in [0.15, 0.2) is 12.1 Å².